The molecular formula is C28H34N2O4. The first-order valence-electron chi connectivity index (χ1n) is 12.1. The second kappa shape index (κ2) is 9.92. The fraction of sp³-hybridized carbons (Fsp3) is 0.429. The molecule has 1 saturated heterocycles. The van der Waals surface area contributed by atoms with Crippen LogP contribution in [-0.4, -0.2) is 48.4 Å². The fourth-order valence-corrected chi connectivity index (χ4v) is 5.14. The van der Waals surface area contributed by atoms with Gasteiger partial charge in [-0.3, -0.25) is 9.59 Å². The molecule has 1 aliphatic heterocycles. The molecule has 2 aromatic carbocycles. The number of anilines is 1. The maximum absolute atomic E-state index is 13.3. The number of nitrogens with zero attached hydrogens (tertiary/aromatic N) is 2. The van der Waals surface area contributed by atoms with Gasteiger partial charge in [0.2, 0.25) is 0 Å². The Balaban J connectivity index is 1.83. The van der Waals surface area contributed by atoms with Gasteiger partial charge in [0, 0.05) is 31.4 Å². The van der Waals surface area contributed by atoms with Crippen LogP contribution < -0.4 is 9.64 Å². The second-order valence-corrected chi connectivity index (χ2v) is 9.40. The molecule has 0 radical (unpaired) electrons. The van der Waals surface area contributed by atoms with Crippen LogP contribution in [0.3, 0.4) is 0 Å². The number of ketones is 1. The van der Waals surface area contributed by atoms with E-state index in [1.165, 1.54) is 0 Å². The number of carbonyl (C=O) groups is 2. The molecule has 2 fully saturated rings. The largest absolute Gasteiger partial charge is 0.507 e. The molecular weight excluding hydrogens is 428 g/mol. The van der Waals surface area contributed by atoms with Crippen molar-refractivity contribution in [2.45, 2.75) is 58.0 Å². The summed E-state index contributed by atoms with van der Waals surface area (Å²) in [4.78, 5) is 30.4. The van der Waals surface area contributed by atoms with Crippen molar-refractivity contribution in [2.24, 2.45) is 0 Å². The maximum Gasteiger partial charge on any atom is 0.295 e. The number of rotatable bonds is 6. The van der Waals surface area contributed by atoms with Gasteiger partial charge in [0.15, 0.2) is 0 Å². The first kappa shape index (κ1) is 23.9. The second-order valence-electron chi connectivity index (χ2n) is 9.40. The third-order valence-corrected chi connectivity index (χ3v) is 6.92. The summed E-state index contributed by atoms with van der Waals surface area (Å²) in [6.45, 7) is 4.36. The van der Waals surface area contributed by atoms with Crippen LogP contribution >= 0.6 is 0 Å². The Labute approximate surface area is 201 Å². The van der Waals surface area contributed by atoms with E-state index in [9.17, 15) is 14.7 Å². The molecule has 1 heterocycles. The van der Waals surface area contributed by atoms with Crippen molar-refractivity contribution >= 4 is 23.1 Å². The number of benzene rings is 2. The molecule has 1 amide bonds. The molecule has 0 bridgehead atoms. The normalized spacial score (nSPS) is 20.6. The third-order valence-electron chi connectivity index (χ3n) is 6.92. The quantitative estimate of drug-likeness (QED) is 0.362. The van der Waals surface area contributed by atoms with Gasteiger partial charge in [-0.1, -0.05) is 31.4 Å². The number of aliphatic hydroxyl groups is 1. The first-order valence-corrected chi connectivity index (χ1v) is 12.1. The lowest BCUT2D eigenvalue weighted by Crippen LogP contribution is -2.40. The van der Waals surface area contributed by atoms with E-state index in [2.05, 4.69) is 0 Å². The molecule has 1 atom stereocenters. The summed E-state index contributed by atoms with van der Waals surface area (Å²) < 4.78 is 5.62. The zero-order chi connectivity index (χ0) is 24.4. The molecule has 1 saturated carbocycles. The highest BCUT2D eigenvalue weighted by Crippen LogP contribution is 2.43. The highest BCUT2D eigenvalue weighted by molar-refractivity contribution is 6.46. The van der Waals surface area contributed by atoms with Gasteiger partial charge in [-0.25, -0.2) is 0 Å². The number of likely N-dealkylation sites (tertiary alicyclic amines) is 1. The number of ether oxygens (including phenoxy) is 1. The van der Waals surface area contributed by atoms with Crippen molar-refractivity contribution in [2.75, 3.05) is 25.6 Å². The van der Waals surface area contributed by atoms with Crippen LogP contribution in [0.25, 0.3) is 5.76 Å². The molecule has 2 aromatic rings. The summed E-state index contributed by atoms with van der Waals surface area (Å²) >= 11 is 0. The van der Waals surface area contributed by atoms with E-state index in [1.807, 2.05) is 57.1 Å². The lowest BCUT2D eigenvalue weighted by Gasteiger charge is -2.35. The van der Waals surface area contributed by atoms with Crippen LogP contribution in [0.5, 0.6) is 5.75 Å². The predicted octanol–water partition coefficient (Wildman–Crippen LogP) is 5.21. The summed E-state index contributed by atoms with van der Waals surface area (Å²) in [7, 11) is 3.94. The van der Waals surface area contributed by atoms with Crippen molar-refractivity contribution in [1.82, 2.24) is 4.90 Å². The number of amides is 1. The van der Waals surface area contributed by atoms with Crippen LogP contribution in [0.2, 0.25) is 0 Å². The predicted molar refractivity (Wildman–Crippen MR) is 134 cm³/mol. The highest BCUT2D eigenvalue weighted by atomic mass is 16.5. The average Bonchev–Trinajstić information content (AvgIpc) is 3.11. The van der Waals surface area contributed by atoms with Gasteiger partial charge >= 0.3 is 0 Å². The summed E-state index contributed by atoms with van der Waals surface area (Å²) in [5.41, 5.74) is 3.40. The summed E-state index contributed by atoms with van der Waals surface area (Å²) in [6.07, 6.45) is 4.98. The van der Waals surface area contributed by atoms with Gasteiger partial charge in [-0.05, 0) is 68.1 Å². The molecule has 0 aromatic heterocycles. The minimum atomic E-state index is -0.615. The topological polar surface area (TPSA) is 70.1 Å². The van der Waals surface area contributed by atoms with Crippen LogP contribution in [0, 0.1) is 6.92 Å². The highest BCUT2D eigenvalue weighted by Gasteiger charge is 2.48. The first-order chi connectivity index (χ1) is 16.3. The van der Waals surface area contributed by atoms with E-state index in [1.54, 1.807) is 23.1 Å². The SMILES string of the molecule is CCOc1ccc(/C(O)=C2/C(=O)C(=O)N(C3CCCCC3)C2c2ccc(N(C)C)cc2)cc1C. The standard InChI is InChI=1S/C28H34N2O4/c1-5-34-23-16-13-20(17-18(23)2)26(31)24-25(19-11-14-21(15-12-19)29(3)4)30(28(33)27(24)32)22-9-7-6-8-10-22/h11-17,22,25,31H,5-10H2,1-4H3/b26-24-. The van der Waals surface area contributed by atoms with E-state index in [4.69, 9.17) is 4.74 Å². The van der Waals surface area contributed by atoms with Gasteiger partial charge in [-0.2, -0.15) is 0 Å². The number of aliphatic hydroxyl groups excluding tert-OH is 1. The Morgan fingerprint density at radius 2 is 1.74 bits per heavy atom. The van der Waals surface area contributed by atoms with Gasteiger partial charge < -0.3 is 19.6 Å². The maximum atomic E-state index is 13.3. The number of hydrogen-bond acceptors (Lipinski definition) is 5. The minimum absolute atomic E-state index is 0.00362. The monoisotopic (exact) mass is 462 g/mol. The Morgan fingerprint density at radius 3 is 2.32 bits per heavy atom. The Morgan fingerprint density at radius 1 is 1.06 bits per heavy atom. The lowest BCUT2D eigenvalue weighted by molar-refractivity contribution is -0.141. The Hall–Kier alpha value is -3.28. The van der Waals surface area contributed by atoms with Gasteiger partial charge in [-0.15, -0.1) is 0 Å². The summed E-state index contributed by atoms with van der Waals surface area (Å²) in [5, 5.41) is 11.4. The van der Waals surface area contributed by atoms with Crippen molar-refractivity contribution in [3.8, 4) is 5.75 Å². The van der Waals surface area contributed by atoms with Gasteiger partial charge in [0.25, 0.3) is 11.7 Å². The van der Waals surface area contributed by atoms with Crippen LogP contribution in [-0.2, 0) is 9.59 Å². The third kappa shape index (κ3) is 4.41. The number of hydrogen-bond donors (Lipinski definition) is 1. The average molecular weight is 463 g/mol. The summed E-state index contributed by atoms with van der Waals surface area (Å²) in [6, 6.07) is 12.6. The van der Waals surface area contributed by atoms with Crippen molar-refractivity contribution < 1.29 is 19.4 Å². The zero-order valence-corrected chi connectivity index (χ0v) is 20.5. The smallest absolute Gasteiger partial charge is 0.295 e. The van der Waals surface area contributed by atoms with Crippen LogP contribution in [0.1, 0.15) is 61.8 Å². The molecule has 34 heavy (non-hydrogen) atoms. The van der Waals surface area contributed by atoms with Gasteiger partial charge in [0.1, 0.15) is 11.5 Å². The van der Waals surface area contributed by atoms with Crippen molar-refractivity contribution in [3.05, 3.63) is 64.7 Å². The molecule has 6 nitrogen and oxygen atoms in total. The number of Topliss-reactive ketones (excluding diaryl/α,β-unsaturated/α-hetero) is 1. The molecule has 180 valence electrons. The van der Waals surface area contributed by atoms with Crippen molar-refractivity contribution in [3.63, 3.8) is 0 Å². The van der Waals surface area contributed by atoms with E-state index in [0.29, 0.717) is 12.2 Å². The van der Waals surface area contributed by atoms with Crippen LogP contribution in [0.4, 0.5) is 5.69 Å². The van der Waals surface area contributed by atoms with E-state index in [0.717, 1.165) is 54.7 Å². The molecule has 0 spiro atoms. The Bertz CT molecular complexity index is 1100. The van der Waals surface area contributed by atoms with E-state index >= 15 is 0 Å². The molecule has 6 heteroatoms. The number of aryl methyl sites for hydroxylation is 1. The van der Waals surface area contributed by atoms with Crippen molar-refractivity contribution in [1.29, 1.82) is 0 Å². The zero-order valence-electron chi connectivity index (χ0n) is 20.5. The molecule has 1 aliphatic carbocycles. The van der Waals surface area contributed by atoms with Crippen LogP contribution in [0.15, 0.2) is 48.0 Å². The number of carbonyl (C=O) groups excluding carboxylic acids is 2. The van der Waals surface area contributed by atoms with E-state index < -0.39 is 17.7 Å². The summed E-state index contributed by atoms with van der Waals surface area (Å²) in [5.74, 6) is -0.531. The van der Waals surface area contributed by atoms with E-state index in [-0.39, 0.29) is 17.4 Å². The van der Waals surface area contributed by atoms with Gasteiger partial charge in [0.05, 0.1) is 18.2 Å². The fourth-order valence-electron chi connectivity index (χ4n) is 5.14. The lowest BCUT2D eigenvalue weighted by atomic mass is 9.90. The molecule has 4 rings (SSSR count). The molecule has 1 N–H and O–H groups in total. The molecule has 2 aliphatic rings. The minimum Gasteiger partial charge on any atom is -0.507 e. The Kier molecular flexibility index (Phi) is 6.96. The molecule has 1 unspecified atom stereocenters.